The number of fused-ring (bicyclic) bond motifs is 1. The van der Waals surface area contributed by atoms with E-state index in [1.165, 1.54) is 0 Å². The predicted molar refractivity (Wildman–Crippen MR) is 101 cm³/mol. The highest BCUT2D eigenvalue weighted by molar-refractivity contribution is 7.80. The second-order valence-electron chi connectivity index (χ2n) is 5.43. The van der Waals surface area contributed by atoms with E-state index >= 15 is 0 Å². The molecule has 1 aliphatic rings. The topological polar surface area (TPSA) is 56.7 Å². The molecule has 0 aliphatic carbocycles. The van der Waals surface area contributed by atoms with Crippen LogP contribution in [0.1, 0.15) is 18.9 Å². The van der Waals surface area contributed by atoms with E-state index in [-0.39, 0.29) is 5.91 Å². The Morgan fingerprint density at radius 2 is 1.83 bits per heavy atom. The number of carbonyl (C=O) groups is 1. The first kappa shape index (κ1) is 16.1. The number of hydrogen-bond donors (Lipinski definition) is 2. The smallest absolute Gasteiger partial charge is 0.223 e. The minimum atomic E-state index is 0.0377. The molecule has 2 aromatic carbocycles. The molecule has 0 spiro atoms. The van der Waals surface area contributed by atoms with E-state index in [0.29, 0.717) is 18.1 Å². The van der Waals surface area contributed by atoms with Crippen LogP contribution in [0.5, 0.6) is 0 Å². The second-order valence-corrected chi connectivity index (χ2v) is 5.84. The normalized spacial score (nSPS) is 14.9. The lowest BCUT2D eigenvalue weighted by Crippen LogP contribution is -2.37. The SMILES string of the molecule is CC(=O)N1CCC(=NNC(=S)Nc2ccccc2)c2ccccc21. The first-order valence-corrected chi connectivity index (χ1v) is 8.12. The van der Waals surface area contributed by atoms with Gasteiger partial charge in [0.05, 0.1) is 11.4 Å². The van der Waals surface area contributed by atoms with Crippen molar-refractivity contribution in [1.82, 2.24) is 5.43 Å². The average Bonchev–Trinajstić information content (AvgIpc) is 2.60. The van der Waals surface area contributed by atoms with Crippen LogP contribution in [0.3, 0.4) is 0 Å². The fourth-order valence-electron chi connectivity index (χ4n) is 2.67. The number of nitrogens with one attached hydrogen (secondary N) is 2. The van der Waals surface area contributed by atoms with Crippen molar-refractivity contribution < 1.29 is 4.79 Å². The number of benzene rings is 2. The van der Waals surface area contributed by atoms with Gasteiger partial charge in [-0.25, -0.2) is 0 Å². The van der Waals surface area contributed by atoms with E-state index in [0.717, 1.165) is 22.6 Å². The summed E-state index contributed by atoms with van der Waals surface area (Å²) in [6, 6.07) is 17.5. The Morgan fingerprint density at radius 1 is 1.12 bits per heavy atom. The third-order valence-corrected chi connectivity index (χ3v) is 3.98. The molecule has 2 aromatic rings. The zero-order chi connectivity index (χ0) is 16.9. The number of anilines is 2. The lowest BCUT2D eigenvalue weighted by Gasteiger charge is -2.29. The number of nitrogens with zero attached hydrogens (tertiary/aromatic N) is 2. The largest absolute Gasteiger partial charge is 0.331 e. The summed E-state index contributed by atoms with van der Waals surface area (Å²) in [5.74, 6) is 0.0377. The van der Waals surface area contributed by atoms with Crippen molar-refractivity contribution in [2.75, 3.05) is 16.8 Å². The third-order valence-electron chi connectivity index (χ3n) is 3.78. The zero-order valence-corrected chi connectivity index (χ0v) is 14.1. The van der Waals surface area contributed by atoms with Crippen molar-refractivity contribution in [3.8, 4) is 0 Å². The molecule has 6 heteroatoms. The fourth-order valence-corrected chi connectivity index (χ4v) is 2.83. The molecule has 1 heterocycles. The van der Waals surface area contributed by atoms with Gasteiger partial charge in [-0.2, -0.15) is 5.10 Å². The lowest BCUT2D eigenvalue weighted by molar-refractivity contribution is -0.116. The Labute approximate surface area is 146 Å². The van der Waals surface area contributed by atoms with Crippen molar-refractivity contribution in [3.05, 3.63) is 60.2 Å². The van der Waals surface area contributed by atoms with Gasteiger partial charge in [-0.1, -0.05) is 36.4 Å². The van der Waals surface area contributed by atoms with E-state index in [2.05, 4.69) is 15.8 Å². The molecule has 0 saturated carbocycles. The molecule has 0 unspecified atom stereocenters. The molecule has 122 valence electrons. The second kappa shape index (κ2) is 7.23. The van der Waals surface area contributed by atoms with Crippen LogP contribution in [-0.2, 0) is 4.79 Å². The van der Waals surface area contributed by atoms with Gasteiger partial charge < -0.3 is 10.2 Å². The number of amides is 1. The summed E-state index contributed by atoms with van der Waals surface area (Å²) in [6.45, 7) is 2.20. The van der Waals surface area contributed by atoms with Crippen molar-refractivity contribution >= 4 is 40.3 Å². The summed E-state index contributed by atoms with van der Waals surface area (Å²) < 4.78 is 0. The van der Waals surface area contributed by atoms with Crippen LogP contribution in [0.15, 0.2) is 59.7 Å². The lowest BCUT2D eigenvalue weighted by atomic mass is 9.99. The maximum Gasteiger partial charge on any atom is 0.223 e. The number of rotatable bonds is 2. The number of hydrazone groups is 1. The van der Waals surface area contributed by atoms with Crippen molar-refractivity contribution in [2.45, 2.75) is 13.3 Å². The number of para-hydroxylation sites is 2. The summed E-state index contributed by atoms with van der Waals surface area (Å²) in [5, 5.41) is 7.95. The van der Waals surface area contributed by atoms with Crippen LogP contribution in [-0.4, -0.2) is 23.3 Å². The van der Waals surface area contributed by atoms with Crippen LogP contribution >= 0.6 is 12.2 Å². The molecule has 0 bridgehead atoms. The Hall–Kier alpha value is -2.73. The van der Waals surface area contributed by atoms with Gasteiger partial charge in [0.1, 0.15) is 0 Å². The first-order valence-electron chi connectivity index (χ1n) is 7.71. The summed E-state index contributed by atoms with van der Waals surface area (Å²) in [7, 11) is 0. The minimum Gasteiger partial charge on any atom is -0.331 e. The fraction of sp³-hybridized carbons (Fsp3) is 0.167. The maximum atomic E-state index is 11.8. The van der Waals surface area contributed by atoms with E-state index < -0.39 is 0 Å². The molecular weight excluding hydrogens is 320 g/mol. The highest BCUT2D eigenvalue weighted by Gasteiger charge is 2.23. The van der Waals surface area contributed by atoms with Crippen LogP contribution < -0.4 is 15.6 Å². The maximum absolute atomic E-state index is 11.8. The van der Waals surface area contributed by atoms with Crippen molar-refractivity contribution in [1.29, 1.82) is 0 Å². The summed E-state index contributed by atoms with van der Waals surface area (Å²) >= 11 is 5.27. The Balaban J connectivity index is 1.75. The Bertz CT molecular complexity index is 789. The molecule has 0 atom stereocenters. The molecule has 1 amide bonds. The van der Waals surface area contributed by atoms with E-state index in [1.54, 1.807) is 11.8 Å². The number of thiocarbonyl (C=S) groups is 1. The summed E-state index contributed by atoms with van der Waals surface area (Å²) in [5.41, 5.74) is 6.52. The standard InChI is InChI=1S/C18H18N4OS/c1-13(23)22-12-11-16(15-9-5-6-10-17(15)22)20-21-18(24)19-14-7-3-2-4-8-14/h2-10H,11-12H2,1H3,(H2,19,21,24). The van der Waals surface area contributed by atoms with Crippen molar-refractivity contribution in [3.63, 3.8) is 0 Å². The van der Waals surface area contributed by atoms with Gasteiger partial charge in [0.2, 0.25) is 5.91 Å². The molecule has 0 saturated heterocycles. The van der Waals surface area contributed by atoms with Crippen LogP contribution in [0.25, 0.3) is 0 Å². The molecule has 2 N–H and O–H groups in total. The molecule has 0 fully saturated rings. The molecule has 5 nitrogen and oxygen atoms in total. The van der Waals surface area contributed by atoms with Gasteiger partial charge in [0.15, 0.2) is 5.11 Å². The van der Waals surface area contributed by atoms with E-state index in [9.17, 15) is 4.79 Å². The van der Waals surface area contributed by atoms with Gasteiger partial charge in [0, 0.05) is 31.1 Å². The van der Waals surface area contributed by atoms with Gasteiger partial charge in [-0.05, 0) is 30.4 Å². The van der Waals surface area contributed by atoms with E-state index in [4.69, 9.17) is 12.2 Å². The number of hydrogen-bond acceptors (Lipinski definition) is 3. The third kappa shape index (κ3) is 3.60. The van der Waals surface area contributed by atoms with E-state index in [1.807, 2.05) is 54.6 Å². The monoisotopic (exact) mass is 338 g/mol. The molecule has 0 radical (unpaired) electrons. The van der Waals surface area contributed by atoms with Crippen LogP contribution in [0.2, 0.25) is 0 Å². The highest BCUT2D eigenvalue weighted by Crippen LogP contribution is 2.27. The van der Waals surface area contributed by atoms with Crippen LogP contribution in [0.4, 0.5) is 11.4 Å². The zero-order valence-electron chi connectivity index (χ0n) is 13.3. The minimum absolute atomic E-state index is 0.0377. The number of carbonyl (C=O) groups excluding carboxylic acids is 1. The molecular formula is C18H18N4OS. The van der Waals surface area contributed by atoms with Crippen molar-refractivity contribution in [2.24, 2.45) is 5.10 Å². The Kier molecular flexibility index (Phi) is 4.86. The van der Waals surface area contributed by atoms with Gasteiger partial charge in [0.25, 0.3) is 0 Å². The molecule has 1 aliphatic heterocycles. The van der Waals surface area contributed by atoms with Gasteiger partial charge >= 0.3 is 0 Å². The predicted octanol–water partition coefficient (Wildman–Crippen LogP) is 3.13. The molecule has 24 heavy (non-hydrogen) atoms. The summed E-state index contributed by atoms with van der Waals surface area (Å²) in [4.78, 5) is 13.5. The average molecular weight is 338 g/mol. The Morgan fingerprint density at radius 3 is 2.58 bits per heavy atom. The van der Waals surface area contributed by atoms with Gasteiger partial charge in [-0.15, -0.1) is 0 Å². The molecule has 3 rings (SSSR count). The quantitative estimate of drug-likeness (QED) is 0.652. The van der Waals surface area contributed by atoms with Gasteiger partial charge in [-0.3, -0.25) is 10.2 Å². The highest BCUT2D eigenvalue weighted by atomic mass is 32.1. The summed E-state index contributed by atoms with van der Waals surface area (Å²) in [6.07, 6.45) is 0.678. The first-order chi connectivity index (χ1) is 11.6. The molecule has 0 aromatic heterocycles. The van der Waals surface area contributed by atoms with Crippen LogP contribution in [0, 0.1) is 0 Å².